The second-order valence-electron chi connectivity index (χ2n) is 3.24. The normalized spacial score (nSPS) is 9.83. The number of rotatable bonds is 2. The summed E-state index contributed by atoms with van der Waals surface area (Å²) >= 11 is 3.00. The number of nitrogens with two attached hydrogens (primary N) is 1. The number of benzene rings is 1. The van der Waals surface area contributed by atoms with Gasteiger partial charge in [0.25, 0.3) is 0 Å². The summed E-state index contributed by atoms with van der Waals surface area (Å²) in [6.07, 6.45) is 1.37. The van der Waals surface area contributed by atoms with E-state index in [9.17, 15) is 4.39 Å². The third-order valence-electron chi connectivity index (χ3n) is 2.00. The molecule has 1 aromatic carbocycles. The summed E-state index contributed by atoms with van der Waals surface area (Å²) in [4.78, 5) is 7.60. The molecular formula is C11H6BrFN4O. The van der Waals surface area contributed by atoms with Crippen molar-refractivity contribution in [3.63, 3.8) is 0 Å². The molecule has 0 amide bonds. The number of nitrogen functional groups attached to an aromatic ring is 1. The molecule has 0 saturated heterocycles. The molecule has 0 saturated carbocycles. The molecule has 5 nitrogen and oxygen atoms in total. The minimum absolute atomic E-state index is 0.0672. The summed E-state index contributed by atoms with van der Waals surface area (Å²) in [5, 5.41) is 8.68. The molecule has 0 bridgehead atoms. The van der Waals surface area contributed by atoms with Gasteiger partial charge < -0.3 is 10.5 Å². The largest absolute Gasteiger partial charge is 0.422 e. The second kappa shape index (κ2) is 4.98. The van der Waals surface area contributed by atoms with Crippen molar-refractivity contribution in [2.24, 2.45) is 0 Å². The maximum atomic E-state index is 13.3. The predicted molar refractivity (Wildman–Crippen MR) is 65.3 cm³/mol. The first-order valence-corrected chi connectivity index (χ1v) is 5.55. The Hall–Kier alpha value is -2.20. The van der Waals surface area contributed by atoms with E-state index in [-0.39, 0.29) is 27.6 Å². The molecule has 90 valence electrons. The van der Waals surface area contributed by atoms with Crippen LogP contribution in [0.15, 0.2) is 28.9 Å². The molecule has 1 heterocycles. The van der Waals surface area contributed by atoms with Gasteiger partial charge in [-0.05, 0) is 28.1 Å². The van der Waals surface area contributed by atoms with E-state index in [1.807, 2.05) is 6.07 Å². The van der Waals surface area contributed by atoms with Gasteiger partial charge in [0.2, 0.25) is 0 Å². The summed E-state index contributed by atoms with van der Waals surface area (Å²) in [6, 6.07) is 5.69. The monoisotopic (exact) mass is 308 g/mol. The van der Waals surface area contributed by atoms with Crippen LogP contribution in [0, 0.1) is 17.1 Å². The van der Waals surface area contributed by atoms with Crippen molar-refractivity contribution < 1.29 is 9.13 Å². The maximum Gasteiger partial charge on any atom is 0.323 e. The van der Waals surface area contributed by atoms with Gasteiger partial charge in [0.1, 0.15) is 17.6 Å². The molecule has 0 spiro atoms. The van der Waals surface area contributed by atoms with Gasteiger partial charge in [-0.25, -0.2) is 9.37 Å². The maximum absolute atomic E-state index is 13.3. The second-order valence-corrected chi connectivity index (χ2v) is 4.10. The summed E-state index contributed by atoms with van der Waals surface area (Å²) in [5.41, 5.74) is 6.05. The van der Waals surface area contributed by atoms with Gasteiger partial charge in [-0.15, -0.1) is 0 Å². The van der Waals surface area contributed by atoms with Gasteiger partial charge in [0.15, 0.2) is 5.75 Å². The van der Waals surface area contributed by atoms with Crippen molar-refractivity contribution >= 4 is 21.6 Å². The average Bonchev–Trinajstić information content (AvgIpc) is 2.36. The Kier molecular flexibility index (Phi) is 3.39. The summed E-state index contributed by atoms with van der Waals surface area (Å²) in [5.74, 6) is -0.429. The summed E-state index contributed by atoms with van der Waals surface area (Å²) in [7, 11) is 0. The van der Waals surface area contributed by atoms with Crippen LogP contribution in [-0.4, -0.2) is 9.97 Å². The molecule has 0 unspecified atom stereocenters. The van der Waals surface area contributed by atoms with Crippen molar-refractivity contribution in [1.29, 1.82) is 5.26 Å². The zero-order valence-corrected chi connectivity index (χ0v) is 10.5. The zero-order chi connectivity index (χ0) is 13.1. The minimum Gasteiger partial charge on any atom is -0.422 e. The Labute approximate surface area is 110 Å². The van der Waals surface area contributed by atoms with Crippen molar-refractivity contribution in [2.75, 3.05) is 5.73 Å². The SMILES string of the molecule is N#Cc1ccnc(Oc2cc(F)c(Br)cc2N)n1. The summed E-state index contributed by atoms with van der Waals surface area (Å²) in [6.45, 7) is 0. The Bertz CT molecular complexity index is 641. The third-order valence-corrected chi connectivity index (χ3v) is 2.61. The van der Waals surface area contributed by atoms with E-state index in [4.69, 9.17) is 15.7 Å². The highest BCUT2D eigenvalue weighted by molar-refractivity contribution is 9.10. The van der Waals surface area contributed by atoms with Gasteiger partial charge in [0.05, 0.1) is 10.2 Å². The van der Waals surface area contributed by atoms with E-state index >= 15 is 0 Å². The van der Waals surface area contributed by atoms with E-state index in [2.05, 4.69) is 25.9 Å². The lowest BCUT2D eigenvalue weighted by Gasteiger charge is -2.07. The lowest BCUT2D eigenvalue weighted by molar-refractivity contribution is 0.439. The Balaban J connectivity index is 2.34. The van der Waals surface area contributed by atoms with Crippen LogP contribution < -0.4 is 10.5 Å². The van der Waals surface area contributed by atoms with Gasteiger partial charge in [0, 0.05) is 12.3 Å². The fourth-order valence-electron chi connectivity index (χ4n) is 1.18. The first-order valence-electron chi connectivity index (χ1n) is 4.75. The van der Waals surface area contributed by atoms with Gasteiger partial charge >= 0.3 is 6.01 Å². The molecule has 1 aromatic heterocycles. The quantitative estimate of drug-likeness (QED) is 0.862. The molecule has 7 heteroatoms. The van der Waals surface area contributed by atoms with Crippen molar-refractivity contribution in [3.05, 3.63) is 40.4 Å². The van der Waals surface area contributed by atoms with Crippen LogP contribution in [0.4, 0.5) is 10.1 Å². The predicted octanol–water partition coefficient (Wildman–Crippen LogP) is 2.62. The topological polar surface area (TPSA) is 84.8 Å². The van der Waals surface area contributed by atoms with E-state index < -0.39 is 5.82 Å². The number of aromatic nitrogens is 2. The van der Waals surface area contributed by atoms with E-state index in [1.54, 1.807) is 0 Å². The number of anilines is 1. The number of nitriles is 1. The smallest absolute Gasteiger partial charge is 0.323 e. The van der Waals surface area contributed by atoms with Crippen LogP contribution >= 0.6 is 15.9 Å². The Morgan fingerprint density at radius 1 is 1.44 bits per heavy atom. The average molecular weight is 309 g/mol. The van der Waals surface area contributed by atoms with Gasteiger partial charge in [-0.3, -0.25) is 0 Å². The molecule has 18 heavy (non-hydrogen) atoms. The standard InChI is InChI=1S/C11H6BrFN4O/c12-7-3-9(15)10(4-8(7)13)18-11-16-2-1-6(5-14)17-11/h1-4H,15H2. The molecule has 0 atom stereocenters. The fraction of sp³-hybridized carbons (Fsp3) is 0. The molecular weight excluding hydrogens is 303 g/mol. The fourth-order valence-corrected chi connectivity index (χ4v) is 1.54. The molecule has 0 aliphatic rings. The van der Waals surface area contributed by atoms with E-state index in [0.717, 1.165) is 6.07 Å². The number of nitrogens with zero attached hydrogens (tertiary/aromatic N) is 3. The molecule has 0 aliphatic carbocycles. The van der Waals surface area contributed by atoms with Crippen LogP contribution in [0.3, 0.4) is 0 Å². The van der Waals surface area contributed by atoms with Crippen LogP contribution in [-0.2, 0) is 0 Å². The molecule has 2 aromatic rings. The number of hydrogen-bond donors (Lipinski definition) is 1. The molecule has 0 fully saturated rings. The van der Waals surface area contributed by atoms with Crippen molar-refractivity contribution in [3.8, 4) is 17.8 Å². The van der Waals surface area contributed by atoms with Crippen LogP contribution in [0.5, 0.6) is 11.8 Å². The molecule has 0 aliphatic heterocycles. The lowest BCUT2D eigenvalue weighted by atomic mass is 10.3. The van der Waals surface area contributed by atoms with Crippen molar-refractivity contribution in [1.82, 2.24) is 9.97 Å². The van der Waals surface area contributed by atoms with Crippen LogP contribution in [0.2, 0.25) is 0 Å². The Morgan fingerprint density at radius 2 is 2.22 bits per heavy atom. The number of hydrogen-bond acceptors (Lipinski definition) is 5. The van der Waals surface area contributed by atoms with Gasteiger partial charge in [-0.1, -0.05) is 0 Å². The minimum atomic E-state index is -0.518. The summed E-state index contributed by atoms with van der Waals surface area (Å²) < 4.78 is 18.8. The van der Waals surface area contributed by atoms with Gasteiger partial charge in [-0.2, -0.15) is 10.2 Å². The highest BCUT2D eigenvalue weighted by Gasteiger charge is 2.09. The third kappa shape index (κ3) is 2.55. The molecule has 0 radical (unpaired) electrons. The lowest BCUT2D eigenvalue weighted by Crippen LogP contribution is -1.97. The zero-order valence-electron chi connectivity index (χ0n) is 8.89. The highest BCUT2D eigenvalue weighted by Crippen LogP contribution is 2.30. The number of ether oxygens (including phenoxy) is 1. The van der Waals surface area contributed by atoms with Crippen LogP contribution in [0.25, 0.3) is 0 Å². The number of halogens is 2. The molecule has 2 rings (SSSR count). The van der Waals surface area contributed by atoms with E-state index in [0.29, 0.717) is 0 Å². The van der Waals surface area contributed by atoms with E-state index in [1.165, 1.54) is 18.3 Å². The Morgan fingerprint density at radius 3 is 2.94 bits per heavy atom. The first-order chi connectivity index (χ1) is 8.60. The highest BCUT2D eigenvalue weighted by atomic mass is 79.9. The van der Waals surface area contributed by atoms with Crippen LogP contribution in [0.1, 0.15) is 5.69 Å². The molecule has 2 N–H and O–H groups in total. The first kappa shape index (κ1) is 12.3. The van der Waals surface area contributed by atoms with Crippen molar-refractivity contribution in [2.45, 2.75) is 0 Å².